The molecule has 0 spiro atoms. The van der Waals surface area contributed by atoms with Crippen molar-refractivity contribution in [3.8, 4) is 0 Å². The van der Waals surface area contributed by atoms with Gasteiger partial charge in [-0.05, 0) is 54.6 Å². The Bertz CT molecular complexity index is 725. The molecule has 0 unspecified atom stereocenters. The van der Waals surface area contributed by atoms with Gasteiger partial charge in [0.15, 0.2) is 0 Å². The topological polar surface area (TPSA) is 35.6 Å². The minimum absolute atomic E-state index is 0.0341. The molecule has 2 aliphatic heterocycles. The maximum absolute atomic E-state index is 12.4. The molecular formula is C22H27N3O. The van der Waals surface area contributed by atoms with Crippen LogP contribution in [0, 0.1) is 0 Å². The average molecular weight is 349 g/mol. The molecule has 2 aliphatic rings. The highest BCUT2D eigenvalue weighted by atomic mass is 16.2. The van der Waals surface area contributed by atoms with E-state index in [9.17, 15) is 4.79 Å². The van der Waals surface area contributed by atoms with Crippen molar-refractivity contribution in [2.45, 2.75) is 38.9 Å². The lowest BCUT2D eigenvalue weighted by molar-refractivity contribution is 0.198. The lowest BCUT2D eigenvalue weighted by atomic mass is 10.1. The molecule has 2 amide bonds. The molecule has 0 radical (unpaired) electrons. The Morgan fingerprint density at radius 1 is 0.885 bits per heavy atom. The van der Waals surface area contributed by atoms with Crippen molar-refractivity contribution in [2.24, 2.45) is 0 Å². The van der Waals surface area contributed by atoms with Gasteiger partial charge in [-0.1, -0.05) is 48.5 Å². The number of hydrogen-bond acceptors (Lipinski definition) is 2. The van der Waals surface area contributed by atoms with Gasteiger partial charge in [-0.2, -0.15) is 0 Å². The third kappa shape index (κ3) is 4.07. The Balaban J connectivity index is 1.21. The molecule has 4 nitrogen and oxygen atoms in total. The first-order chi connectivity index (χ1) is 12.8. The van der Waals surface area contributed by atoms with Crippen molar-refractivity contribution in [3.63, 3.8) is 0 Å². The van der Waals surface area contributed by atoms with Crippen LogP contribution < -0.4 is 5.32 Å². The van der Waals surface area contributed by atoms with Gasteiger partial charge in [0, 0.05) is 26.2 Å². The lowest BCUT2D eigenvalue weighted by Gasteiger charge is -2.17. The van der Waals surface area contributed by atoms with E-state index in [4.69, 9.17) is 0 Å². The van der Waals surface area contributed by atoms with Gasteiger partial charge in [0.2, 0.25) is 0 Å². The molecule has 0 atom stereocenters. The van der Waals surface area contributed by atoms with Crippen molar-refractivity contribution >= 4 is 6.03 Å². The lowest BCUT2D eigenvalue weighted by Crippen LogP contribution is -2.37. The van der Waals surface area contributed by atoms with Crippen LogP contribution in [0.5, 0.6) is 0 Å². The molecule has 0 saturated carbocycles. The van der Waals surface area contributed by atoms with E-state index in [-0.39, 0.29) is 6.03 Å². The fourth-order valence-corrected chi connectivity index (χ4v) is 3.91. The van der Waals surface area contributed by atoms with E-state index in [2.05, 4.69) is 46.6 Å². The quantitative estimate of drug-likeness (QED) is 0.896. The monoisotopic (exact) mass is 349 g/mol. The number of urea groups is 1. The van der Waals surface area contributed by atoms with E-state index >= 15 is 0 Å². The third-order valence-electron chi connectivity index (χ3n) is 5.45. The minimum Gasteiger partial charge on any atom is -0.338 e. The highest BCUT2D eigenvalue weighted by molar-refractivity contribution is 5.75. The van der Waals surface area contributed by atoms with Gasteiger partial charge < -0.3 is 10.2 Å². The van der Waals surface area contributed by atoms with Crippen molar-refractivity contribution in [1.29, 1.82) is 0 Å². The Hall–Kier alpha value is -2.33. The highest BCUT2D eigenvalue weighted by Gasteiger charge is 2.22. The summed E-state index contributed by atoms with van der Waals surface area (Å²) in [5, 5.41) is 3.06. The number of fused-ring (bicyclic) bond motifs is 1. The normalized spacial score (nSPS) is 16.7. The average Bonchev–Trinajstić information content (AvgIpc) is 3.32. The van der Waals surface area contributed by atoms with Crippen LogP contribution in [0.2, 0.25) is 0 Å². The summed E-state index contributed by atoms with van der Waals surface area (Å²) in [5.41, 5.74) is 5.18. The maximum atomic E-state index is 12.4. The number of hydrogen-bond donors (Lipinski definition) is 1. The number of likely N-dealkylation sites (tertiary alicyclic amines) is 1. The van der Waals surface area contributed by atoms with Crippen LogP contribution in [0.4, 0.5) is 4.79 Å². The van der Waals surface area contributed by atoms with E-state index < -0.39 is 0 Å². The molecule has 26 heavy (non-hydrogen) atoms. The first-order valence-corrected chi connectivity index (χ1v) is 9.68. The molecule has 1 fully saturated rings. The van der Waals surface area contributed by atoms with Crippen LogP contribution in [0.15, 0.2) is 48.5 Å². The van der Waals surface area contributed by atoms with E-state index in [1.54, 1.807) is 0 Å². The molecule has 1 N–H and O–H groups in total. The Morgan fingerprint density at radius 2 is 1.50 bits per heavy atom. The fraction of sp³-hybridized carbons (Fsp3) is 0.409. The summed E-state index contributed by atoms with van der Waals surface area (Å²) in [7, 11) is 0. The molecule has 136 valence electrons. The zero-order valence-corrected chi connectivity index (χ0v) is 15.3. The summed E-state index contributed by atoms with van der Waals surface area (Å²) in [6.45, 7) is 5.63. The molecule has 2 aromatic rings. The fourth-order valence-electron chi connectivity index (χ4n) is 3.91. The number of carbonyl (C=O) groups excluding carboxylic acids is 1. The maximum Gasteiger partial charge on any atom is 0.318 e. The number of benzene rings is 2. The first kappa shape index (κ1) is 17.1. The summed E-state index contributed by atoms with van der Waals surface area (Å²) >= 11 is 0. The van der Waals surface area contributed by atoms with Gasteiger partial charge in [0.05, 0.1) is 0 Å². The number of rotatable bonds is 5. The molecule has 4 rings (SSSR count). The zero-order chi connectivity index (χ0) is 17.8. The Kier molecular flexibility index (Phi) is 5.21. The van der Waals surface area contributed by atoms with E-state index in [0.717, 1.165) is 13.0 Å². The summed E-state index contributed by atoms with van der Waals surface area (Å²) in [5.74, 6) is 0. The van der Waals surface area contributed by atoms with Crippen LogP contribution >= 0.6 is 0 Å². The molecule has 1 saturated heterocycles. The first-order valence-electron chi connectivity index (χ1n) is 9.68. The SMILES string of the molecule is O=C(NCCc1ccc(CN2CCCC2)cc1)N1Cc2ccccc2C1. The van der Waals surface area contributed by atoms with E-state index in [1.807, 2.05) is 17.0 Å². The standard InChI is InChI=1S/C22H27N3O/c26-22(25-16-20-5-1-2-6-21(20)17-25)23-12-11-18-7-9-19(10-8-18)15-24-13-3-4-14-24/h1-2,5-10H,3-4,11-17H2,(H,23,26). The number of nitrogens with one attached hydrogen (secondary N) is 1. The van der Waals surface area contributed by atoms with Crippen molar-refractivity contribution in [3.05, 3.63) is 70.8 Å². The van der Waals surface area contributed by atoms with E-state index in [1.165, 1.54) is 48.2 Å². The summed E-state index contributed by atoms with van der Waals surface area (Å²) in [6, 6.07) is 17.2. The molecular weight excluding hydrogens is 322 g/mol. The predicted molar refractivity (Wildman–Crippen MR) is 104 cm³/mol. The van der Waals surface area contributed by atoms with Crippen molar-refractivity contribution in [2.75, 3.05) is 19.6 Å². The second kappa shape index (κ2) is 7.92. The number of carbonyl (C=O) groups is 1. The van der Waals surface area contributed by atoms with Gasteiger partial charge >= 0.3 is 6.03 Å². The summed E-state index contributed by atoms with van der Waals surface area (Å²) in [6.07, 6.45) is 3.54. The Morgan fingerprint density at radius 3 is 2.15 bits per heavy atom. The third-order valence-corrected chi connectivity index (χ3v) is 5.45. The largest absolute Gasteiger partial charge is 0.338 e. The van der Waals surface area contributed by atoms with Gasteiger partial charge in [-0.15, -0.1) is 0 Å². The molecule has 0 bridgehead atoms. The Labute approximate surface area is 155 Å². The predicted octanol–water partition coefficient (Wildman–Crippen LogP) is 3.55. The van der Waals surface area contributed by atoms with Crippen molar-refractivity contribution < 1.29 is 4.79 Å². The minimum atomic E-state index is 0.0341. The molecule has 0 aromatic heterocycles. The molecule has 2 aromatic carbocycles. The van der Waals surface area contributed by atoms with Crippen LogP contribution in [-0.4, -0.2) is 35.5 Å². The summed E-state index contributed by atoms with van der Waals surface area (Å²) in [4.78, 5) is 16.8. The van der Waals surface area contributed by atoms with Gasteiger partial charge in [-0.3, -0.25) is 4.90 Å². The number of nitrogens with zero attached hydrogens (tertiary/aromatic N) is 2. The molecule has 0 aliphatic carbocycles. The van der Waals surface area contributed by atoms with E-state index in [0.29, 0.717) is 19.6 Å². The molecule has 4 heteroatoms. The van der Waals surface area contributed by atoms with Crippen LogP contribution in [-0.2, 0) is 26.1 Å². The smallest absolute Gasteiger partial charge is 0.318 e. The zero-order valence-electron chi connectivity index (χ0n) is 15.3. The second-order valence-corrected chi connectivity index (χ2v) is 7.41. The van der Waals surface area contributed by atoms with Crippen LogP contribution in [0.1, 0.15) is 35.1 Å². The van der Waals surface area contributed by atoms with Crippen LogP contribution in [0.25, 0.3) is 0 Å². The van der Waals surface area contributed by atoms with Crippen molar-refractivity contribution in [1.82, 2.24) is 15.1 Å². The number of amides is 2. The molecule has 2 heterocycles. The van der Waals surface area contributed by atoms with Gasteiger partial charge in [0.1, 0.15) is 0 Å². The summed E-state index contributed by atoms with van der Waals surface area (Å²) < 4.78 is 0. The highest BCUT2D eigenvalue weighted by Crippen LogP contribution is 2.21. The van der Waals surface area contributed by atoms with Gasteiger partial charge in [0.25, 0.3) is 0 Å². The van der Waals surface area contributed by atoms with Crippen LogP contribution in [0.3, 0.4) is 0 Å². The second-order valence-electron chi connectivity index (χ2n) is 7.41. The van der Waals surface area contributed by atoms with Gasteiger partial charge in [-0.25, -0.2) is 4.79 Å².